The van der Waals surface area contributed by atoms with Crippen LogP contribution in [0.1, 0.15) is 35.2 Å². The van der Waals surface area contributed by atoms with Crippen LogP contribution in [0.15, 0.2) is 18.2 Å². The van der Waals surface area contributed by atoms with E-state index in [-0.39, 0.29) is 5.91 Å². The van der Waals surface area contributed by atoms with Gasteiger partial charge in [0.15, 0.2) is 0 Å². The monoisotopic (exact) mass is 273 g/mol. The van der Waals surface area contributed by atoms with Gasteiger partial charge in [0.05, 0.1) is 0 Å². The molecule has 1 fully saturated rings. The number of carbonyl (C=O) groups excluding carboxylic acids is 1. The van der Waals surface area contributed by atoms with E-state index in [9.17, 15) is 4.79 Å². The van der Waals surface area contributed by atoms with Gasteiger partial charge in [-0.15, -0.1) is 0 Å². The van der Waals surface area contributed by atoms with Crippen LogP contribution in [0.25, 0.3) is 0 Å². The number of fused-ring (bicyclic) bond motifs is 1. The third-order valence-electron chi connectivity index (χ3n) is 4.50. The predicted molar refractivity (Wildman–Crippen MR) is 81.2 cm³/mol. The first-order valence-corrected chi connectivity index (χ1v) is 7.59. The second kappa shape index (κ2) is 5.83. The molecule has 2 aliphatic heterocycles. The molecular formula is C16H23N3O. The van der Waals surface area contributed by atoms with Crippen molar-refractivity contribution in [1.82, 2.24) is 10.2 Å². The van der Waals surface area contributed by atoms with Crippen LogP contribution in [-0.2, 0) is 6.42 Å². The number of likely N-dealkylation sites (N-methyl/N-ethyl adjacent to an activating group) is 1. The zero-order chi connectivity index (χ0) is 13.9. The van der Waals surface area contributed by atoms with Crippen molar-refractivity contribution >= 4 is 11.6 Å². The highest BCUT2D eigenvalue weighted by Crippen LogP contribution is 2.23. The van der Waals surface area contributed by atoms with E-state index in [4.69, 9.17) is 0 Å². The molecule has 1 amide bonds. The molecule has 2 aliphatic rings. The van der Waals surface area contributed by atoms with E-state index in [0.29, 0.717) is 6.04 Å². The molecule has 20 heavy (non-hydrogen) atoms. The van der Waals surface area contributed by atoms with E-state index in [0.717, 1.165) is 31.6 Å². The van der Waals surface area contributed by atoms with Crippen molar-refractivity contribution < 1.29 is 4.79 Å². The normalized spacial score (nSPS) is 22.1. The summed E-state index contributed by atoms with van der Waals surface area (Å²) in [4.78, 5) is 14.6. The molecule has 0 spiro atoms. The Morgan fingerprint density at radius 2 is 2.35 bits per heavy atom. The highest BCUT2D eigenvalue weighted by atomic mass is 16.1. The van der Waals surface area contributed by atoms with E-state index in [1.54, 1.807) is 0 Å². The number of piperidine rings is 1. The van der Waals surface area contributed by atoms with E-state index in [1.807, 2.05) is 18.2 Å². The summed E-state index contributed by atoms with van der Waals surface area (Å²) in [6, 6.07) is 6.44. The molecule has 4 heteroatoms. The van der Waals surface area contributed by atoms with Crippen LogP contribution in [0, 0.1) is 0 Å². The summed E-state index contributed by atoms with van der Waals surface area (Å²) in [5.41, 5.74) is 3.21. The molecule has 1 aromatic rings. The number of hydrogen-bond acceptors (Lipinski definition) is 3. The molecule has 1 aromatic carbocycles. The van der Waals surface area contributed by atoms with Gasteiger partial charge in [0.2, 0.25) is 0 Å². The quantitative estimate of drug-likeness (QED) is 0.883. The molecule has 108 valence electrons. The Morgan fingerprint density at radius 1 is 1.45 bits per heavy atom. The van der Waals surface area contributed by atoms with E-state index in [2.05, 4.69) is 22.6 Å². The first-order chi connectivity index (χ1) is 9.74. The van der Waals surface area contributed by atoms with E-state index < -0.39 is 0 Å². The Morgan fingerprint density at radius 3 is 3.20 bits per heavy atom. The first kappa shape index (κ1) is 13.4. The second-order valence-corrected chi connectivity index (χ2v) is 5.89. The fourth-order valence-corrected chi connectivity index (χ4v) is 3.16. The Labute approximate surface area is 120 Å². The number of amides is 1. The molecule has 1 unspecified atom stereocenters. The lowest BCUT2D eigenvalue weighted by atomic mass is 10.0. The summed E-state index contributed by atoms with van der Waals surface area (Å²) in [5.74, 6) is 0.0543. The Hall–Kier alpha value is -1.55. The molecule has 2 heterocycles. The number of nitrogens with zero attached hydrogens (tertiary/aromatic N) is 1. The van der Waals surface area contributed by atoms with Crippen molar-refractivity contribution in [2.45, 2.75) is 31.7 Å². The zero-order valence-corrected chi connectivity index (χ0v) is 12.1. The van der Waals surface area contributed by atoms with Gasteiger partial charge < -0.3 is 15.5 Å². The third-order valence-corrected chi connectivity index (χ3v) is 4.50. The van der Waals surface area contributed by atoms with Crippen LogP contribution < -0.4 is 10.6 Å². The summed E-state index contributed by atoms with van der Waals surface area (Å²) < 4.78 is 0. The zero-order valence-electron chi connectivity index (χ0n) is 12.1. The number of carbonyl (C=O) groups is 1. The van der Waals surface area contributed by atoms with E-state index in [1.165, 1.54) is 30.5 Å². The van der Waals surface area contributed by atoms with Crippen LogP contribution in [0.4, 0.5) is 5.69 Å². The summed E-state index contributed by atoms with van der Waals surface area (Å²) in [6.07, 6.45) is 4.75. The van der Waals surface area contributed by atoms with Gasteiger partial charge in [-0.25, -0.2) is 0 Å². The fourth-order valence-electron chi connectivity index (χ4n) is 3.16. The van der Waals surface area contributed by atoms with Gasteiger partial charge in [-0.1, -0.05) is 6.42 Å². The minimum atomic E-state index is 0.0543. The maximum atomic E-state index is 12.2. The van der Waals surface area contributed by atoms with Crippen LogP contribution in [-0.4, -0.2) is 43.5 Å². The largest absolute Gasteiger partial charge is 0.384 e. The minimum Gasteiger partial charge on any atom is -0.384 e. The molecule has 0 radical (unpaired) electrons. The summed E-state index contributed by atoms with van der Waals surface area (Å²) in [6.45, 7) is 2.88. The van der Waals surface area contributed by atoms with Gasteiger partial charge in [-0.3, -0.25) is 4.79 Å². The first-order valence-electron chi connectivity index (χ1n) is 7.59. The van der Waals surface area contributed by atoms with Gasteiger partial charge >= 0.3 is 0 Å². The van der Waals surface area contributed by atoms with Gasteiger partial charge in [0.25, 0.3) is 5.91 Å². The number of hydrogen-bond donors (Lipinski definition) is 2. The Bertz CT molecular complexity index is 500. The maximum absolute atomic E-state index is 12.2. The number of anilines is 1. The van der Waals surface area contributed by atoms with Crippen LogP contribution >= 0.6 is 0 Å². The fraction of sp³-hybridized carbons (Fsp3) is 0.562. The predicted octanol–water partition coefficient (Wildman–Crippen LogP) is 1.87. The molecule has 0 aliphatic carbocycles. The van der Waals surface area contributed by atoms with Gasteiger partial charge in [0, 0.05) is 30.4 Å². The summed E-state index contributed by atoms with van der Waals surface area (Å²) >= 11 is 0. The summed E-state index contributed by atoms with van der Waals surface area (Å²) in [5, 5.41) is 6.41. The average Bonchev–Trinajstić information content (AvgIpc) is 2.93. The SMILES string of the molecule is CN1CCCCC1CNC(=O)c1ccc2c(c1)CCN2. The van der Waals surface area contributed by atoms with Crippen molar-refractivity contribution in [3.8, 4) is 0 Å². The topological polar surface area (TPSA) is 44.4 Å². The maximum Gasteiger partial charge on any atom is 0.251 e. The van der Waals surface area contributed by atoms with Gasteiger partial charge in [-0.05, 0) is 56.6 Å². The molecule has 1 saturated heterocycles. The van der Waals surface area contributed by atoms with Crippen molar-refractivity contribution in [2.75, 3.05) is 32.0 Å². The standard InChI is InChI=1S/C16H23N3O/c1-19-9-3-2-4-14(19)11-18-16(20)13-5-6-15-12(10-13)7-8-17-15/h5-6,10,14,17H,2-4,7-9,11H2,1H3,(H,18,20). The lowest BCUT2D eigenvalue weighted by Gasteiger charge is -2.32. The highest BCUT2D eigenvalue weighted by Gasteiger charge is 2.20. The molecular weight excluding hydrogens is 250 g/mol. The van der Waals surface area contributed by atoms with Gasteiger partial charge in [0.1, 0.15) is 0 Å². The molecule has 2 N–H and O–H groups in total. The Balaban J connectivity index is 1.59. The number of nitrogens with one attached hydrogen (secondary N) is 2. The number of likely N-dealkylation sites (tertiary alicyclic amines) is 1. The lowest BCUT2D eigenvalue weighted by molar-refractivity contribution is 0.0928. The van der Waals surface area contributed by atoms with Gasteiger partial charge in [-0.2, -0.15) is 0 Å². The third kappa shape index (κ3) is 2.80. The molecule has 0 saturated carbocycles. The molecule has 4 nitrogen and oxygen atoms in total. The number of rotatable bonds is 3. The summed E-state index contributed by atoms with van der Waals surface area (Å²) in [7, 11) is 2.15. The average molecular weight is 273 g/mol. The van der Waals surface area contributed by atoms with Crippen LogP contribution in [0.5, 0.6) is 0 Å². The molecule has 0 bridgehead atoms. The lowest BCUT2D eigenvalue weighted by Crippen LogP contribution is -2.44. The Kier molecular flexibility index (Phi) is 3.92. The van der Waals surface area contributed by atoms with Crippen LogP contribution in [0.3, 0.4) is 0 Å². The van der Waals surface area contributed by atoms with Crippen molar-refractivity contribution in [1.29, 1.82) is 0 Å². The van der Waals surface area contributed by atoms with Crippen molar-refractivity contribution in [2.24, 2.45) is 0 Å². The van der Waals surface area contributed by atoms with E-state index >= 15 is 0 Å². The smallest absolute Gasteiger partial charge is 0.251 e. The number of benzene rings is 1. The minimum absolute atomic E-state index is 0.0543. The molecule has 1 atom stereocenters. The molecule has 3 rings (SSSR count). The second-order valence-electron chi connectivity index (χ2n) is 5.89. The highest BCUT2D eigenvalue weighted by molar-refractivity contribution is 5.95. The van der Waals surface area contributed by atoms with Crippen LogP contribution in [0.2, 0.25) is 0 Å². The van der Waals surface area contributed by atoms with Crippen molar-refractivity contribution in [3.05, 3.63) is 29.3 Å². The molecule has 0 aromatic heterocycles. The van der Waals surface area contributed by atoms with Crippen molar-refractivity contribution in [3.63, 3.8) is 0 Å².